The summed E-state index contributed by atoms with van der Waals surface area (Å²) in [6.07, 6.45) is 0.780. The van der Waals surface area contributed by atoms with Crippen molar-refractivity contribution in [3.05, 3.63) is 87.7 Å². The number of rotatable bonds is 7. The molecule has 0 unspecified atom stereocenters. The Labute approximate surface area is 205 Å². The van der Waals surface area contributed by atoms with Crippen molar-refractivity contribution in [2.45, 2.75) is 38.9 Å². The summed E-state index contributed by atoms with van der Waals surface area (Å²) >= 11 is 1.28. The van der Waals surface area contributed by atoms with Crippen LogP contribution in [0.4, 0.5) is 4.39 Å². The Morgan fingerprint density at radius 2 is 1.86 bits per heavy atom. The maximum Gasteiger partial charge on any atom is 0.262 e. The van der Waals surface area contributed by atoms with E-state index in [-0.39, 0.29) is 22.9 Å². The number of benzene rings is 2. The maximum absolute atomic E-state index is 13.8. The molecular weight excluding hydrogens is 465 g/mol. The number of fused-ring (bicyclic) bond motifs is 3. The number of ketones is 1. The van der Waals surface area contributed by atoms with Crippen LogP contribution in [0.5, 0.6) is 0 Å². The molecule has 0 radical (unpaired) electrons. The molecule has 0 saturated carbocycles. The number of thioether (sulfide) groups is 1. The number of carbonyl (C=O) groups excluding carboxylic acids is 1. The lowest BCUT2D eigenvalue weighted by Crippen LogP contribution is -2.23. The molecule has 0 N–H and O–H groups in total. The van der Waals surface area contributed by atoms with E-state index in [1.54, 1.807) is 16.7 Å². The van der Waals surface area contributed by atoms with Gasteiger partial charge in [-0.25, -0.2) is 4.39 Å². The number of aromatic nitrogens is 5. The van der Waals surface area contributed by atoms with E-state index < -0.39 is 0 Å². The highest BCUT2D eigenvalue weighted by Gasteiger charge is 2.20. The lowest BCUT2D eigenvalue weighted by molar-refractivity contribution is 0.102. The van der Waals surface area contributed by atoms with Crippen LogP contribution in [0.25, 0.3) is 22.4 Å². The first-order valence-corrected chi connectivity index (χ1v) is 12.4. The summed E-state index contributed by atoms with van der Waals surface area (Å²) in [5, 5.41) is 9.73. The monoisotopic (exact) mass is 489 g/mol. The number of carbonyl (C=O) groups is 1. The van der Waals surface area contributed by atoms with E-state index in [2.05, 4.69) is 10.2 Å². The highest BCUT2D eigenvalue weighted by Crippen LogP contribution is 2.26. The first kappa shape index (κ1) is 23.0. The second-order valence-electron chi connectivity index (χ2n) is 8.40. The van der Waals surface area contributed by atoms with Crippen LogP contribution in [0.15, 0.2) is 64.5 Å². The van der Waals surface area contributed by atoms with E-state index in [4.69, 9.17) is 0 Å². The van der Waals surface area contributed by atoms with Gasteiger partial charge in [0.1, 0.15) is 5.82 Å². The summed E-state index contributed by atoms with van der Waals surface area (Å²) < 4.78 is 19.1. The number of hydrogen-bond donors (Lipinski definition) is 0. The first-order valence-electron chi connectivity index (χ1n) is 11.4. The van der Waals surface area contributed by atoms with Gasteiger partial charge in [0.25, 0.3) is 5.56 Å². The van der Waals surface area contributed by atoms with Crippen molar-refractivity contribution < 1.29 is 9.18 Å². The molecule has 9 heteroatoms. The lowest BCUT2D eigenvalue weighted by Gasteiger charge is -2.10. The van der Waals surface area contributed by atoms with Gasteiger partial charge < -0.3 is 4.57 Å². The third-order valence-corrected chi connectivity index (χ3v) is 6.98. The minimum absolute atomic E-state index is 0.0614. The highest BCUT2D eigenvalue weighted by atomic mass is 32.2. The van der Waals surface area contributed by atoms with Gasteiger partial charge in [0.2, 0.25) is 5.78 Å². The van der Waals surface area contributed by atoms with E-state index in [1.807, 2.05) is 60.1 Å². The van der Waals surface area contributed by atoms with Crippen LogP contribution in [0.3, 0.4) is 0 Å². The zero-order chi connectivity index (χ0) is 24.7. The zero-order valence-electron chi connectivity index (χ0n) is 19.7. The Morgan fingerprint density at radius 1 is 1.06 bits per heavy atom. The van der Waals surface area contributed by atoms with Crippen molar-refractivity contribution in [3.8, 4) is 5.69 Å². The quantitative estimate of drug-likeness (QED) is 0.238. The molecule has 35 heavy (non-hydrogen) atoms. The molecule has 5 aromatic rings. The maximum atomic E-state index is 13.8. The van der Waals surface area contributed by atoms with Crippen molar-refractivity contribution in [1.82, 2.24) is 23.7 Å². The summed E-state index contributed by atoms with van der Waals surface area (Å²) in [5.41, 5.74) is 3.48. The van der Waals surface area contributed by atoms with Gasteiger partial charge in [-0.05, 0) is 56.7 Å². The largest absolute Gasteiger partial charge is 0.318 e. The molecule has 0 amide bonds. The van der Waals surface area contributed by atoms with Crippen LogP contribution in [-0.2, 0) is 6.54 Å². The van der Waals surface area contributed by atoms with Gasteiger partial charge >= 0.3 is 0 Å². The minimum Gasteiger partial charge on any atom is -0.318 e. The fourth-order valence-corrected chi connectivity index (χ4v) is 5.34. The fourth-order valence-electron chi connectivity index (χ4n) is 4.52. The van der Waals surface area contributed by atoms with Crippen molar-refractivity contribution in [2.24, 2.45) is 0 Å². The summed E-state index contributed by atoms with van der Waals surface area (Å²) in [7, 11) is 0. The van der Waals surface area contributed by atoms with Crippen molar-refractivity contribution in [3.63, 3.8) is 0 Å². The highest BCUT2D eigenvalue weighted by molar-refractivity contribution is 7.99. The number of halogens is 1. The molecule has 0 fully saturated rings. The molecule has 0 aliphatic carbocycles. The summed E-state index contributed by atoms with van der Waals surface area (Å²) in [4.78, 5) is 26.2. The van der Waals surface area contributed by atoms with Gasteiger partial charge in [-0.3, -0.25) is 18.6 Å². The van der Waals surface area contributed by atoms with E-state index in [1.165, 1.54) is 23.9 Å². The second kappa shape index (κ2) is 9.14. The molecule has 7 nitrogen and oxygen atoms in total. The molecule has 0 spiro atoms. The smallest absolute Gasteiger partial charge is 0.262 e. The molecule has 0 bridgehead atoms. The van der Waals surface area contributed by atoms with Crippen LogP contribution in [0.1, 0.15) is 35.1 Å². The number of para-hydroxylation sites is 1. The van der Waals surface area contributed by atoms with Gasteiger partial charge in [0, 0.05) is 29.2 Å². The molecule has 5 rings (SSSR count). The van der Waals surface area contributed by atoms with Crippen LogP contribution < -0.4 is 5.56 Å². The SMILES string of the molecule is CCCn1c(=O)c2ccccc2n2c(SCC(=O)c3cc(C)n(-c4cccc(F)c4)c3C)nnc12. The predicted octanol–water partition coefficient (Wildman–Crippen LogP) is 4.98. The molecule has 0 atom stereocenters. The summed E-state index contributed by atoms with van der Waals surface area (Å²) in [5.74, 6) is 0.226. The van der Waals surface area contributed by atoms with Gasteiger partial charge in [-0.1, -0.05) is 36.9 Å². The number of nitrogens with zero attached hydrogens (tertiary/aromatic N) is 5. The summed E-state index contributed by atoms with van der Waals surface area (Å²) in [6, 6.07) is 15.5. The third-order valence-electron chi connectivity index (χ3n) is 6.06. The molecule has 3 aromatic heterocycles. The molecule has 178 valence electrons. The Balaban J connectivity index is 1.50. The number of Topliss-reactive ketones (excluding diaryl/α,β-unsaturated/α-hetero) is 1. The fraction of sp³-hybridized carbons (Fsp3) is 0.231. The Hall–Kier alpha value is -3.72. The van der Waals surface area contributed by atoms with Gasteiger partial charge in [0.05, 0.1) is 16.7 Å². The molecule has 2 aromatic carbocycles. The van der Waals surface area contributed by atoms with E-state index in [9.17, 15) is 14.0 Å². The topological polar surface area (TPSA) is 74.2 Å². The average molecular weight is 490 g/mol. The van der Waals surface area contributed by atoms with Gasteiger partial charge in [0.15, 0.2) is 10.9 Å². The third kappa shape index (κ3) is 3.95. The van der Waals surface area contributed by atoms with E-state index >= 15 is 0 Å². The number of hydrogen-bond acceptors (Lipinski definition) is 5. The van der Waals surface area contributed by atoms with Crippen LogP contribution in [0, 0.1) is 19.7 Å². The van der Waals surface area contributed by atoms with Crippen LogP contribution in [-0.4, -0.2) is 35.3 Å². The standard InChI is InChI=1S/C26H24FN5O2S/c1-4-12-30-24(34)20-10-5-6-11-22(20)32-25(30)28-29-26(32)35-15-23(33)21-13-16(2)31(17(21)3)19-9-7-8-18(27)14-19/h5-11,13-14H,4,12,15H2,1-3H3. The Bertz CT molecular complexity index is 1650. The molecule has 0 saturated heterocycles. The molecule has 0 aliphatic heterocycles. The van der Waals surface area contributed by atoms with E-state index in [0.29, 0.717) is 39.6 Å². The normalized spacial score (nSPS) is 11.5. The molecular formula is C26H24FN5O2S. The average Bonchev–Trinajstić information content (AvgIpc) is 3.40. The van der Waals surface area contributed by atoms with Gasteiger partial charge in [-0.15, -0.1) is 10.2 Å². The first-order chi connectivity index (χ1) is 16.9. The summed E-state index contributed by atoms with van der Waals surface area (Å²) in [6.45, 7) is 6.29. The van der Waals surface area contributed by atoms with Crippen LogP contribution >= 0.6 is 11.8 Å². The lowest BCUT2D eigenvalue weighted by atomic mass is 10.2. The van der Waals surface area contributed by atoms with Crippen LogP contribution in [0.2, 0.25) is 0 Å². The molecule has 3 heterocycles. The molecule has 0 aliphatic rings. The van der Waals surface area contributed by atoms with Crippen molar-refractivity contribution >= 4 is 34.2 Å². The Kier molecular flexibility index (Phi) is 6.02. The van der Waals surface area contributed by atoms with Crippen molar-refractivity contribution in [2.75, 3.05) is 5.75 Å². The zero-order valence-corrected chi connectivity index (χ0v) is 20.5. The second-order valence-corrected chi connectivity index (χ2v) is 9.35. The van der Waals surface area contributed by atoms with E-state index in [0.717, 1.165) is 17.8 Å². The minimum atomic E-state index is -0.328. The number of aryl methyl sites for hydroxylation is 2. The Morgan fingerprint density at radius 3 is 2.63 bits per heavy atom. The van der Waals surface area contributed by atoms with Gasteiger partial charge in [-0.2, -0.15) is 0 Å². The predicted molar refractivity (Wildman–Crippen MR) is 135 cm³/mol. The van der Waals surface area contributed by atoms with Crippen molar-refractivity contribution in [1.29, 1.82) is 0 Å².